The van der Waals surface area contributed by atoms with Gasteiger partial charge in [0.2, 0.25) is 0 Å². The minimum absolute atomic E-state index is 0.410. The Kier molecular flexibility index (Phi) is 6.73. The largest absolute Gasteiger partial charge is 0.495 e. The summed E-state index contributed by atoms with van der Waals surface area (Å²) in [5.74, 6) is -0.565. The summed E-state index contributed by atoms with van der Waals surface area (Å²) in [4.78, 5) is 25.4. The summed E-state index contributed by atoms with van der Waals surface area (Å²) in [6, 6.07) is 11.9. The molecule has 0 aliphatic carbocycles. The van der Waals surface area contributed by atoms with Gasteiger partial charge in [-0.2, -0.15) is 0 Å². The van der Waals surface area contributed by atoms with E-state index in [1.54, 1.807) is 30.3 Å². The molecule has 5 nitrogen and oxygen atoms in total. The molecule has 0 aliphatic rings. The molecule has 1 amide bonds. The van der Waals surface area contributed by atoms with Crippen LogP contribution in [0.1, 0.15) is 17.3 Å². The maximum atomic E-state index is 12.3. The fraction of sp³-hybridized carbons (Fsp3) is 0.222. The van der Waals surface area contributed by atoms with Crippen molar-refractivity contribution in [1.29, 1.82) is 0 Å². The number of amides is 1. The third-order valence-electron chi connectivity index (χ3n) is 3.40. The number of halogens is 1. The Morgan fingerprint density at radius 2 is 1.92 bits per heavy atom. The van der Waals surface area contributed by atoms with Crippen LogP contribution in [0.4, 0.5) is 5.69 Å². The van der Waals surface area contributed by atoms with E-state index in [0.29, 0.717) is 22.0 Å². The highest BCUT2D eigenvalue weighted by Gasteiger charge is 2.21. The number of rotatable bonds is 6. The molecule has 0 bridgehead atoms. The lowest BCUT2D eigenvalue weighted by Crippen LogP contribution is -2.30. The molecule has 0 fully saturated rings. The SMILES string of the molecule is COc1ccc(Cl)cc1NC(=O)C(C)OC(=O)c1ccccc1SC. The van der Waals surface area contributed by atoms with Crippen molar-refractivity contribution in [3.8, 4) is 5.75 Å². The number of benzene rings is 2. The van der Waals surface area contributed by atoms with Crippen LogP contribution in [0.3, 0.4) is 0 Å². The number of ether oxygens (including phenoxy) is 2. The normalized spacial score (nSPS) is 11.5. The first-order valence-corrected chi connectivity index (χ1v) is 9.05. The van der Waals surface area contributed by atoms with E-state index in [0.717, 1.165) is 4.90 Å². The average Bonchev–Trinajstić information content (AvgIpc) is 2.61. The van der Waals surface area contributed by atoms with Gasteiger partial charge < -0.3 is 14.8 Å². The fourth-order valence-corrected chi connectivity index (χ4v) is 2.86. The maximum Gasteiger partial charge on any atom is 0.340 e. The maximum absolute atomic E-state index is 12.3. The number of anilines is 1. The third kappa shape index (κ3) is 4.90. The molecule has 0 heterocycles. The van der Waals surface area contributed by atoms with Crippen LogP contribution >= 0.6 is 23.4 Å². The predicted octanol–water partition coefficient (Wildman–Crippen LogP) is 4.25. The number of thioether (sulfide) groups is 1. The highest BCUT2D eigenvalue weighted by molar-refractivity contribution is 7.98. The Hall–Kier alpha value is -2.18. The highest BCUT2D eigenvalue weighted by atomic mass is 35.5. The predicted molar refractivity (Wildman–Crippen MR) is 99.7 cm³/mol. The van der Waals surface area contributed by atoms with E-state index in [4.69, 9.17) is 21.1 Å². The van der Waals surface area contributed by atoms with E-state index in [-0.39, 0.29) is 0 Å². The van der Waals surface area contributed by atoms with Crippen LogP contribution in [-0.2, 0) is 9.53 Å². The van der Waals surface area contributed by atoms with Crippen molar-refractivity contribution in [2.75, 3.05) is 18.7 Å². The summed E-state index contributed by atoms with van der Waals surface area (Å²) in [6.45, 7) is 1.51. The van der Waals surface area contributed by atoms with Crippen LogP contribution in [0.2, 0.25) is 5.02 Å². The summed E-state index contributed by atoms with van der Waals surface area (Å²) >= 11 is 7.38. The zero-order valence-electron chi connectivity index (χ0n) is 14.0. The molecule has 0 aliphatic heterocycles. The minimum atomic E-state index is -0.980. The van der Waals surface area contributed by atoms with E-state index >= 15 is 0 Å². The lowest BCUT2D eigenvalue weighted by Gasteiger charge is -2.16. The van der Waals surface area contributed by atoms with Gasteiger partial charge in [0.05, 0.1) is 18.4 Å². The summed E-state index contributed by atoms with van der Waals surface area (Å²) in [6.07, 6.45) is 0.888. The van der Waals surface area contributed by atoms with Crippen LogP contribution in [0.15, 0.2) is 47.4 Å². The Labute approximate surface area is 155 Å². The molecule has 1 N–H and O–H groups in total. The van der Waals surface area contributed by atoms with Gasteiger partial charge in [-0.15, -0.1) is 11.8 Å². The van der Waals surface area contributed by atoms with Gasteiger partial charge in [-0.25, -0.2) is 4.79 Å². The Bertz CT molecular complexity index is 781. The van der Waals surface area contributed by atoms with Gasteiger partial charge in [0, 0.05) is 9.92 Å². The lowest BCUT2D eigenvalue weighted by molar-refractivity contribution is -0.123. The van der Waals surface area contributed by atoms with Gasteiger partial charge in [-0.05, 0) is 43.5 Å². The van der Waals surface area contributed by atoms with Crippen LogP contribution in [0.25, 0.3) is 0 Å². The first-order chi connectivity index (χ1) is 12.0. The molecule has 25 heavy (non-hydrogen) atoms. The summed E-state index contributed by atoms with van der Waals surface area (Å²) in [7, 11) is 1.49. The van der Waals surface area contributed by atoms with Gasteiger partial charge in [-0.3, -0.25) is 4.79 Å². The van der Waals surface area contributed by atoms with Crippen molar-refractivity contribution in [3.63, 3.8) is 0 Å². The smallest absolute Gasteiger partial charge is 0.340 e. The standard InChI is InChI=1S/C18H18ClNO4S/c1-11(24-18(22)13-6-4-5-7-16(13)25-3)17(21)20-14-10-12(19)8-9-15(14)23-2/h4-11H,1-3H3,(H,20,21). The molecule has 132 valence electrons. The third-order valence-corrected chi connectivity index (χ3v) is 4.43. The molecule has 2 aromatic rings. The second-order valence-electron chi connectivity index (χ2n) is 5.08. The monoisotopic (exact) mass is 379 g/mol. The first-order valence-electron chi connectivity index (χ1n) is 7.44. The summed E-state index contributed by atoms with van der Waals surface area (Å²) in [5, 5.41) is 3.11. The van der Waals surface area contributed by atoms with Crippen LogP contribution in [0, 0.1) is 0 Å². The van der Waals surface area contributed by atoms with Crippen LogP contribution in [0.5, 0.6) is 5.75 Å². The van der Waals surface area contributed by atoms with E-state index < -0.39 is 18.0 Å². The average molecular weight is 380 g/mol. The molecule has 0 saturated carbocycles. The summed E-state index contributed by atoms with van der Waals surface area (Å²) in [5.41, 5.74) is 0.836. The van der Waals surface area contributed by atoms with E-state index in [1.165, 1.54) is 25.8 Å². The number of esters is 1. The van der Waals surface area contributed by atoms with Gasteiger partial charge in [0.15, 0.2) is 6.10 Å². The molecule has 1 unspecified atom stereocenters. The van der Waals surface area contributed by atoms with Crippen LogP contribution in [-0.4, -0.2) is 31.3 Å². The Balaban J connectivity index is 2.08. The van der Waals surface area contributed by atoms with Crippen molar-refractivity contribution >= 4 is 40.9 Å². The molecular formula is C18H18ClNO4S. The quantitative estimate of drug-likeness (QED) is 0.600. The van der Waals surface area contributed by atoms with Gasteiger partial charge in [0.1, 0.15) is 5.75 Å². The molecule has 0 spiro atoms. The number of methoxy groups -OCH3 is 1. The van der Waals surface area contributed by atoms with Crippen molar-refractivity contribution in [3.05, 3.63) is 53.1 Å². The topological polar surface area (TPSA) is 64.6 Å². The molecule has 0 radical (unpaired) electrons. The van der Waals surface area contributed by atoms with E-state index in [2.05, 4.69) is 5.32 Å². The molecule has 7 heteroatoms. The number of carbonyl (C=O) groups excluding carboxylic acids is 2. The molecule has 0 aromatic heterocycles. The highest BCUT2D eigenvalue weighted by Crippen LogP contribution is 2.28. The second kappa shape index (κ2) is 8.78. The van der Waals surface area contributed by atoms with Gasteiger partial charge in [0.25, 0.3) is 5.91 Å². The number of hydrogen-bond acceptors (Lipinski definition) is 5. The van der Waals surface area contributed by atoms with Crippen molar-refractivity contribution in [2.24, 2.45) is 0 Å². The number of carbonyl (C=O) groups is 2. The minimum Gasteiger partial charge on any atom is -0.495 e. The zero-order valence-corrected chi connectivity index (χ0v) is 15.6. The Morgan fingerprint density at radius 1 is 1.20 bits per heavy atom. The fourth-order valence-electron chi connectivity index (χ4n) is 2.10. The molecular weight excluding hydrogens is 362 g/mol. The molecule has 2 aromatic carbocycles. The summed E-state index contributed by atoms with van der Waals surface area (Å²) < 4.78 is 10.5. The van der Waals surface area contributed by atoms with Crippen molar-refractivity contribution in [2.45, 2.75) is 17.9 Å². The van der Waals surface area contributed by atoms with E-state index in [9.17, 15) is 9.59 Å². The van der Waals surface area contributed by atoms with Crippen molar-refractivity contribution in [1.82, 2.24) is 0 Å². The molecule has 1 atom stereocenters. The van der Waals surface area contributed by atoms with E-state index in [1.807, 2.05) is 18.4 Å². The second-order valence-corrected chi connectivity index (χ2v) is 6.37. The molecule has 0 saturated heterocycles. The van der Waals surface area contributed by atoms with Crippen molar-refractivity contribution < 1.29 is 19.1 Å². The van der Waals surface area contributed by atoms with Crippen LogP contribution < -0.4 is 10.1 Å². The number of hydrogen-bond donors (Lipinski definition) is 1. The first kappa shape index (κ1) is 19.1. The van der Waals surface area contributed by atoms with Gasteiger partial charge >= 0.3 is 5.97 Å². The number of nitrogens with one attached hydrogen (secondary N) is 1. The lowest BCUT2D eigenvalue weighted by atomic mass is 10.2. The zero-order chi connectivity index (χ0) is 18.4. The molecule has 2 rings (SSSR count). The van der Waals surface area contributed by atoms with Gasteiger partial charge in [-0.1, -0.05) is 23.7 Å². The Morgan fingerprint density at radius 3 is 2.60 bits per heavy atom.